The molecular formula is C17H24N6O2. The van der Waals surface area contributed by atoms with Gasteiger partial charge in [-0.2, -0.15) is 5.10 Å². The first-order valence-electron chi connectivity index (χ1n) is 8.37. The average Bonchev–Trinajstić information content (AvgIpc) is 3.17. The van der Waals surface area contributed by atoms with Gasteiger partial charge in [0.1, 0.15) is 11.9 Å². The van der Waals surface area contributed by atoms with E-state index < -0.39 is 0 Å². The molecule has 1 aliphatic rings. The average molecular weight is 344 g/mol. The van der Waals surface area contributed by atoms with Crippen molar-refractivity contribution in [2.24, 2.45) is 7.05 Å². The van der Waals surface area contributed by atoms with E-state index in [1.807, 2.05) is 38.3 Å². The highest BCUT2D eigenvalue weighted by Gasteiger charge is 2.30. The van der Waals surface area contributed by atoms with Crippen LogP contribution < -0.4 is 20.3 Å². The smallest absolute Gasteiger partial charge is 0.319 e. The molecule has 2 amide bonds. The first kappa shape index (κ1) is 17.1. The fraction of sp³-hybridized carbons (Fsp3) is 0.471. The van der Waals surface area contributed by atoms with Crippen LogP contribution in [0, 0.1) is 0 Å². The molecule has 0 aromatic carbocycles. The molecule has 0 spiro atoms. The van der Waals surface area contributed by atoms with E-state index in [0.717, 1.165) is 30.8 Å². The third kappa shape index (κ3) is 4.40. The van der Waals surface area contributed by atoms with E-state index in [9.17, 15) is 4.79 Å². The molecular weight excluding hydrogens is 320 g/mol. The second-order valence-electron chi connectivity index (χ2n) is 6.44. The van der Waals surface area contributed by atoms with Crippen LogP contribution in [-0.4, -0.2) is 47.0 Å². The van der Waals surface area contributed by atoms with Crippen molar-refractivity contribution in [2.75, 3.05) is 24.3 Å². The largest absolute Gasteiger partial charge is 0.485 e. The van der Waals surface area contributed by atoms with Crippen molar-refractivity contribution >= 4 is 17.5 Å². The van der Waals surface area contributed by atoms with Crippen molar-refractivity contribution < 1.29 is 9.53 Å². The number of rotatable bonds is 5. The topological polar surface area (TPSA) is 84.3 Å². The quantitative estimate of drug-likeness (QED) is 0.867. The van der Waals surface area contributed by atoms with Crippen LogP contribution in [0.2, 0.25) is 0 Å². The van der Waals surface area contributed by atoms with Crippen molar-refractivity contribution in [1.29, 1.82) is 0 Å². The third-order valence-corrected chi connectivity index (χ3v) is 4.20. The minimum Gasteiger partial charge on any atom is -0.485 e. The Labute approximate surface area is 147 Å². The van der Waals surface area contributed by atoms with Gasteiger partial charge in [-0.05, 0) is 25.3 Å². The Bertz CT molecular complexity index is 729. The summed E-state index contributed by atoms with van der Waals surface area (Å²) in [5, 5.41) is 9.99. The zero-order valence-electron chi connectivity index (χ0n) is 14.8. The minimum atomic E-state index is -0.234. The van der Waals surface area contributed by atoms with Gasteiger partial charge in [0.2, 0.25) is 0 Å². The van der Waals surface area contributed by atoms with Crippen LogP contribution in [0.15, 0.2) is 30.7 Å². The normalized spacial score (nSPS) is 19.5. The van der Waals surface area contributed by atoms with Crippen molar-refractivity contribution in [1.82, 2.24) is 20.1 Å². The number of carbonyl (C=O) groups is 1. The molecule has 8 heteroatoms. The van der Waals surface area contributed by atoms with Gasteiger partial charge in [-0.3, -0.25) is 4.68 Å². The number of hydrogen-bond acceptors (Lipinski definition) is 5. The number of carbonyl (C=O) groups excluding carboxylic acids is 1. The van der Waals surface area contributed by atoms with Gasteiger partial charge in [0.15, 0.2) is 5.75 Å². The van der Waals surface area contributed by atoms with Gasteiger partial charge in [-0.1, -0.05) is 0 Å². The highest BCUT2D eigenvalue weighted by atomic mass is 16.5. The monoisotopic (exact) mass is 344 g/mol. The lowest BCUT2D eigenvalue weighted by atomic mass is 10.2. The Kier molecular flexibility index (Phi) is 5.06. The van der Waals surface area contributed by atoms with Crippen LogP contribution in [0.4, 0.5) is 16.3 Å². The maximum Gasteiger partial charge on any atom is 0.319 e. The van der Waals surface area contributed by atoms with Gasteiger partial charge in [0.25, 0.3) is 0 Å². The Morgan fingerprint density at radius 1 is 1.40 bits per heavy atom. The van der Waals surface area contributed by atoms with Crippen molar-refractivity contribution in [3.63, 3.8) is 0 Å². The molecule has 2 atom stereocenters. The summed E-state index contributed by atoms with van der Waals surface area (Å²) in [6.07, 6.45) is 8.00. The zero-order chi connectivity index (χ0) is 17.8. The summed E-state index contributed by atoms with van der Waals surface area (Å²) in [5.41, 5.74) is 0.707. The molecule has 2 N–H and O–H groups in total. The van der Waals surface area contributed by atoms with Gasteiger partial charge < -0.3 is 20.3 Å². The minimum absolute atomic E-state index is 0.0182. The number of hydrogen-bond donors (Lipinski definition) is 2. The summed E-state index contributed by atoms with van der Waals surface area (Å²) in [7, 11) is 5.66. The number of urea groups is 1. The van der Waals surface area contributed by atoms with Crippen LogP contribution in [0.5, 0.6) is 5.75 Å². The molecule has 1 fully saturated rings. The number of amides is 2. The number of ether oxygens (including phenoxy) is 1. The summed E-state index contributed by atoms with van der Waals surface area (Å²) < 4.78 is 7.67. The first-order chi connectivity index (χ1) is 12.0. The van der Waals surface area contributed by atoms with Crippen LogP contribution in [-0.2, 0) is 7.05 Å². The van der Waals surface area contributed by atoms with Crippen molar-refractivity contribution in [3.05, 3.63) is 30.7 Å². The molecule has 1 aliphatic carbocycles. The van der Waals surface area contributed by atoms with Crippen LogP contribution >= 0.6 is 0 Å². The van der Waals surface area contributed by atoms with E-state index in [0.29, 0.717) is 5.69 Å². The van der Waals surface area contributed by atoms with E-state index in [2.05, 4.69) is 20.7 Å². The highest BCUT2D eigenvalue weighted by Crippen LogP contribution is 2.24. The third-order valence-electron chi connectivity index (χ3n) is 4.20. The SMILES string of the molecule is CN(C)c1cc(NC(=O)N[C@@H]2CCC[C@@H]2Oc2cnn(C)c2)ccn1. The van der Waals surface area contributed by atoms with Gasteiger partial charge >= 0.3 is 6.03 Å². The lowest BCUT2D eigenvalue weighted by Crippen LogP contribution is -2.44. The summed E-state index contributed by atoms with van der Waals surface area (Å²) in [6, 6.07) is 3.35. The van der Waals surface area contributed by atoms with Gasteiger partial charge in [-0.25, -0.2) is 9.78 Å². The van der Waals surface area contributed by atoms with Crippen molar-refractivity contribution in [3.8, 4) is 5.75 Å². The number of aromatic nitrogens is 3. The molecule has 2 aromatic rings. The van der Waals surface area contributed by atoms with Gasteiger partial charge in [0, 0.05) is 39.1 Å². The standard InChI is InChI=1S/C17H24N6O2/c1-22(2)16-9-12(7-8-18-16)20-17(24)21-14-5-4-6-15(14)25-13-10-19-23(3)11-13/h7-11,14-15H,4-6H2,1-3H3,(H2,18,20,21,24)/t14-,15+/m1/s1. The van der Waals surface area contributed by atoms with Crippen LogP contribution in [0.3, 0.4) is 0 Å². The summed E-state index contributed by atoms with van der Waals surface area (Å²) >= 11 is 0. The van der Waals surface area contributed by atoms with Gasteiger partial charge in [0.05, 0.1) is 18.4 Å². The molecule has 1 saturated carbocycles. The van der Waals surface area contributed by atoms with Crippen molar-refractivity contribution in [2.45, 2.75) is 31.4 Å². The number of aryl methyl sites for hydroxylation is 1. The van der Waals surface area contributed by atoms with Gasteiger partial charge in [-0.15, -0.1) is 0 Å². The second-order valence-corrected chi connectivity index (χ2v) is 6.44. The number of anilines is 2. The lowest BCUT2D eigenvalue weighted by molar-refractivity contribution is 0.175. The van der Waals surface area contributed by atoms with Crippen LogP contribution in [0.25, 0.3) is 0 Å². The molecule has 2 aromatic heterocycles. The second kappa shape index (κ2) is 7.42. The molecule has 0 aliphatic heterocycles. The highest BCUT2D eigenvalue weighted by molar-refractivity contribution is 5.89. The molecule has 0 radical (unpaired) electrons. The first-order valence-corrected chi connectivity index (χ1v) is 8.37. The zero-order valence-corrected chi connectivity index (χ0v) is 14.8. The fourth-order valence-corrected chi connectivity index (χ4v) is 2.94. The predicted molar refractivity (Wildman–Crippen MR) is 96.0 cm³/mol. The molecule has 2 heterocycles. The van der Waals surface area contributed by atoms with E-state index in [4.69, 9.17) is 4.74 Å². The molecule has 3 rings (SSSR count). The summed E-state index contributed by atoms with van der Waals surface area (Å²) in [4.78, 5) is 18.4. The number of nitrogens with zero attached hydrogens (tertiary/aromatic N) is 4. The van der Waals surface area contributed by atoms with E-state index >= 15 is 0 Å². The fourth-order valence-electron chi connectivity index (χ4n) is 2.94. The Balaban J connectivity index is 1.57. The maximum absolute atomic E-state index is 12.3. The summed E-state index contributed by atoms with van der Waals surface area (Å²) in [5.74, 6) is 1.52. The Morgan fingerprint density at radius 2 is 2.24 bits per heavy atom. The lowest BCUT2D eigenvalue weighted by Gasteiger charge is -2.22. The molecule has 8 nitrogen and oxygen atoms in total. The molecule has 25 heavy (non-hydrogen) atoms. The number of pyridine rings is 1. The van der Waals surface area contributed by atoms with E-state index in [1.165, 1.54) is 0 Å². The molecule has 134 valence electrons. The summed E-state index contributed by atoms with van der Waals surface area (Å²) in [6.45, 7) is 0. The number of nitrogens with one attached hydrogen (secondary N) is 2. The predicted octanol–water partition coefficient (Wildman–Crippen LogP) is 2.00. The molecule has 0 bridgehead atoms. The molecule has 0 unspecified atom stereocenters. The molecule has 0 saturated heterocycles. The van der Waals surface area contributed by atoms with E-state index in [-0.39, 0.29) is 18.2 Å². The maximum atomic E-state index is 12.3. The van der Waals surface area contributed by atoms with Crippen LogP contribution in [0.1, 0.15) is 19.3 Å². The Morgan fingerprint density at radius 3 is 2.96 bits per heavy atom. The van der Waals surface area contributed by atoms with E-state index in [1.54, 1.807) is 23.1 Å². The Hall–Kier alpha value is -2.77.